The highest BCUT2D eigenvalue weighted by atomic mass is 16.6. The topological polar surface area (TPSA) is 70.6 Å². The average Bonchev–Trinajstić information content (AvgIpc) is 2.74. The van der Waals surface area contributed by atoms with Gasteiger partial charge in [0.1, 0.15) is 5.60 Å². The van der Waals surface area contributed by atoms with E-state index in [-0.39, 0.29) is 18.7 Å². The minimum Gasteiger partial charge on any atom is -0.444 e. The van der Waals surface area contributed by atoms with Gasteiger partial charge in [-0.05, 0) is 65.8 Å². The highest BCUT2D eigenvalue weighted by Gasteiger charge is 2.27. The Labute approximate surface area is 122 Å². The number of alkyl carbamates (subject to hydrolysis) is 1. The summed E-state index contributed by atoms with van der Waals surface area (Å²) in [6.07, 6.45) is 5.81. The number of rotatable bonds is 7. The molecule has 1 amide bonds. The number of carbonyl (C=O) groups excluding carboxylic acids is 1. The third-order valence-corrected chi connectivity index (χ3v) is 3.42. The Balaban J connectivity index is 2.12. The Kier molecular flexibility index (Phi) is 7.30. The van der Waals surface area contributed by atoms with Gasteiger partial charge in [-0.15, -0.1) is 0 Å². The summed E-state index contributed by atoms with van der Waals surface area (Å²) in [6.45, 7) is 6.89. The second-order valence-electron chi connectivity index (χ2n) is 6.59. The molecule has 1 aliphatic rings. The van der Waals surface area contributed by atoms with Gasteiger partial charge in [0, 0.05) is 18.7 Å². The first kappa shape index (κ1) is 17.2. The van der Waals surface area contributed by atoms with Crippen molar-refractivity contribution in [3.8, 4) is 0 Å². The third kappa shape index (κ3) is 7.70. The second-order valence-corrected chi connectivity index (χ2v) is 6.59. The zero-order valence-corrected chi connectivity index (χ0v) is 13.1. The number of hydrogen-bond donors (Lipinski definition) is 3. The fourth-order valence-corrected chi connectivity index (χ4v) is 2.49. The Morgan fingerprint density at radius 3 is 2.55 bits per heavy atom. The maximum Gasteiger partial charge on any atom is 0.407 e. The summed E-state index contributed by atoms with van der Waals surface area (Å²) in [5.74, 6) is 0. The molecule has 3 N–H and O–H groups in total. The molecule has 0 aromatic carbocycles. The van der Waals surface area contributed by atoms with Crippen molar-refractivity contribution in [2.45, 2.75) is 77.0 Å². The molecule has 1 rings (SSSR count). The molecular formula is C15H30N2O3. The lowest BCUT2D eigenvalue weighted by molar-refractivity contribution is 0.0505. The number of ether oxygens (including phenoxy) is 1. The summed E-state index contributed by atoms with van der Waals surface area (Å²) in [5, 5.41) is 15.2. The SMILES string of the molecule is CC(C)(C)OC(=O)NC1CCC(NCCCCCO)C1. The van der Waals surface area contributed by atoms with Crippen LogP contribution in [0.1, 0.15) is 59.3 Å². The molecule has 2 atom stereocenters. The predicted octanol–water partition coefficient (Wildman–Crippen LogP) is 2.18. The summed E-state index contributed by atoms with van der Waals surface area (Å²) in [4.78, 5) is 11.7. The minimum absolute atomic E-state index is 0.222. The Bertz CT molecular complexity index is 289. The molecule has 0 aliphatic heterocycles. The van der Waals surface area contributed by atoms with Crippen molar-refractivity contribution in [2.75, 3.05) is 13.2 Å². The molecule has 5 heteroatoms. The van der Waals surface area contributed by atoms with Crippen LogP contribution < -0.4 is 10.6 Å². The van der Waals surface area contributed by atoms with E-state index < -0.39 is 5.60 Å². The summed E-state index contributed by atoms with van der Waals surface area (Å²) in [5.41, 5.74) is -0.437. The summed E-state index contributed by atoms with van der Waals surface area (Å²) < 4.78 is 5.27. The zero-order chi connectivity index (χ0) is 15.0. The lowest BCUT2D eigenvalue weighted by Gasteiger charge is -2.21. The molecule has 20 heavy (non-hydrogen) atoms. The second kappa shape index (κ2) is 8.47. The molecule has 0 spiro atoms. The Morgan fingerprint density at radius 1 is 1.20 bits per heavy atom. The molecule has 1 saturated carbocycles. The summed E-state index contributed by atoms with van der Waals surface area (Å²) >= 11 is 0. The first-order valence-corrected chi connectivity index (χ1v) is 7.74. The van der Waals surface area contributed by atoms with Crippen molar-refractivity contribution >= 4 is 6.09 Å². The average molecular weight is 286 g/mol. The van der Waals surface area contributed by atoms with Crippen LogP contribution >= 0.6 is 0 Å². The zero-order valence-electron chi connectivity index (χ0n) is 13.1. The molecule has 0 heterocycles. The standard InChI is InChI=1S/C15H30N2O3/c1-15(2,3)20-14(19)17-13-8-7-12(11-13)16-9-5-4-6-10-18/h12-13,16,18H,4-11H2,1-3H3,(H,17,19). The van der Waals surface area contributed by atoms with Crippen LogP contribution in [0, 0.1) is 0 Å². The van der Waals surface area contributed by atoms with Crippen LogP contribution in [0.3, 0.4) is 0 Å². The van der Waals surface area contributed by atoms with Crippen LogP contribution in [0.4, 0.5) is 4.79 Å². The van der Waals surface area contributed by atoms with Crippen LogP contribution in [0.2, 0.25) is 0 Å². The third-order valence-electron chi connectivity index (χ3n) is 3.42. The molecule has 5 nitrogen and oxygen atoms in total. The number of carbonyl (C=O) groups is 1. The van der Waals surface area contributed by atoms with E-state index in [4.69, 9.17) is 9.84 Å². The fourth-order valence-electron chi connectivity index (χ4n) is 2.49. The number of nitrogens with one attached hydrogen (secondary N) is 2. The number of aliphatic hydroxyl groups excluding tert-OH is 1. The molecule has 0 radical (unpaired) electrons. The first-order chi connectivity index (χ1) is 9.40. The van der Waals surface area contributed by atoms with Crippen molar-refractivity contribution in [1.29, 1.82) is 0 Å². The maximum atomic E-state index is 11.7. The molecule has 0 aromatic heterocycles. The molecule has 0 aromatic rings. The van der Waals surface area contributed by atoms with E-state index in [1.54, 1.807) is 0 Å². The van der Waals surface area contributed by atoms with Gasteiger partial charge in [-0.25, -0.2) is 4.79 Å². The van der Waals surface area contributed by atoms with Gasteiger partial charge in [0.2, 0.25) is 0 Å². The van der Waals surface area contributed by atoms with Gasteiger partial charge in [-0.2, -0.15) is 0 Å². The normalized spacial score (nSPS) is 22.8. The molecule has 1 aliphatic carbocycles. The van der Waals surface area contributed by atoms with Gasteiger partial charge in [-0.1, -0.05) is 0 Å². The number of amides is 1. The molecule has 1 fully saturated rings. The van der Waals surface area contributed by atoms with Gasteiger partial charge in [-0.3, -0.25) is 0 Å². The number of unbranched alkanes of at least 4 members (excludes halogenated alkanes) is 2. The van der Waals surface area contributed by atoms with Crippen LogP contribution in [0.15, 0.2) is 0 Å². The smallest absolute Gasteiger partial charge is 0.407 e. The van der Waals surface area contributed by atoms with Crippen LogP contribution in [-0.2, 0) is 4.74 Å². The monoisotopic (exact) mass is 286 g/mol. The first-order valence-electron chi connectivity index (χ1n) is 7.74. The molecular weight excluding hydrogens is 256 g/mol. The summed E-state index contributed by atoms with van der Waals surface area (Å²) in [6, 6.07) is 0.712. The number of aliphatic hydroxyl groups is 1. The van der Waals surface area contributed by atoms with Gasteiger partial charge in [0.25, 0.3) is 0 Å². The van der Waals surface area contributed by atoms with E-state index in [2.05, 4.69) is 10.6 Å². The highest BCUT2D eigenvalue weighted by molar-refractivity contribution is 5.68. The van der Waals surface area contributed by atoms with Crippen molar-refractivity contribution in [1.82, 2.24) is 10.6 Å². The largest absolute Gasteiger partial charge is 0.444 e. The molecule has 0 saturated heterocycles. The predicted molar refractivity (Wildman–Crippen MR) is 79.7 cm³/mol. The summed E-state index contributed by atoms with van der Waals surface area (Å²) in [7, 11) is 0. The van der Waals surface area contributed by atoms with E-state index in [1.165, 1.54) is 0 Å². The van der Waals surface area contributed by atoms with Gasteiger partial charge in [0.15, 0.2) is 0 Å². The van der Waals surface area contributed by atoms with E-state index in [9.17, 15) is 4.79 Å². The highest BCUT2D eigenvalue weighted by Crippen LogP contribution is 2.20. The van der Waals surface area contributed by atoms with E-state index in [0.29, 0.717) is 6.04 Å². The lowest BCUT2D eigenvalue weighted by atomic mass is 10.2. The number of hydrogen-bond acceptors (Lipinski definition) is 4. The Morgan fingerprint density at radius 2 is 1.90 bits per heavy atom. The molecule has 118 valence electrons. The quantitative estimate of drug-likeness (QED) is 0.627. The van der Waals surface area contributed by atoms with E-state index in [1.807, 2.05) is 20.8 Å². The molecule has 0 bridgehead atoms. The van der Waals surface area contributed by atoms with Crippen molar-refractivity contribution in [3.05, 3.63) is 0 Å². The van der Waals surface area contributed by atoms with Gasteiger partial charge in [0.05, 0.1) is 0 Å². The van der Waals surface area contributed by atoms with E-state index in [0.717, 1.165) is 45.1 Å². The fraction of sp³-hybridized carbons (Fsp3) is 0.933. The van der Waals surface area contributed by atoms with Crippen LogP contribution in [0.25, 0.3) is 0 Å². The molecule has 2 unspecified atom stereocenters. The van der Waals surface area contributed by atoms with Crippen LogP contribution in [0.5, 0.6) is 0 Å². The van der Waals surface area contributed by atoms with Gasteiger partial charge >= 0.3 is 6.09 Å². The minimum atomic E-state index is -0.437. The lowest BCUT2D eigenvalue weighted by Crippen LogP contribution is -2.39. The van der Waals surface area contributed by atoms with Crippen molar-refractivity contribution in [3.63, 3.8) is 0 Å². The Hall–Kier alpha value is -0.810. The maximum absolute atomic E-state index is 11.7. The van der Waals surface area contributed by atoms with Gasteiger partial charge < -0.3 is 20.5 Å². The van der Waals surface area contributed by atoms with Crippen molar-refractivity contribution in [2.24, 2.45) is 0 Å². The van der Waals surface area contributed by atoms with E-state index >= 15 is 0 Å². The van der Waals surface area contributed by atoms with Crippen molar-refractivity contribution < 1.29 is 14.6 Å². The van der Waals surface area contributed by atoms with Crippen LogP contribution in [-0.4, -0.2) is 42.0 Å².